The summed E-state index contributed by atoms with van der Waals surface area (Å²) in [5.41, 5.74) is 9.05. The van der Waals surface area contributed by atoms with Crippen molar-refractivity contribution in [3.8, 4) is 0 Å². The number of nitrogens with two attached hydrogens (primary N) is 1. The van der Waals surface area contributed by atoms with Crippen LogP contribution in [0.5, 0.6) is 0 Å². The lowest BCUT2D eigenvalue weighted by atomic mass is 9.88. The summed E-state index contributed by atoms with van der Waals surface area (Å²) in [6, 6.07) is 9.37. The molecule has 0 amide bonds. The van der Waals surface area contributed by atoms with Crippen LogP contribution in [0.1, 0.15) is 36.3 Å². The van der Waals surface area contributed by atoms with Crippen LogP contribution in [-0.4, -0.2) is 30.6 Å². The van der Waals surface area contributed by atoms with Crippen molar-refractivity contribution in [2.75, 3.05) is 19.6 Å². The number of piperidine rings is 1. The van der Waals surface area contributed by atoms with E-state index in [9.17, 15) is 0 Å². The van der Waals surface area contributed by atoms with E-state index >= 15 is 0 Å². The van der Waals surface area contributed by atoms with Gasteiger partial charge in [-0.05, 0) is 43.6 Å². The minimum Gasteiger partial charge on any atom is -0.327 e. The van der Waals surface area contributed by atoms with Gasteiger partial charge < -0.3 is 10.6 Å². The van der Waals surface area contributed by atoms with E-state index in [0.717, 1.165) is 18.9 Å². The van der Waals surface area contributed by atoms with E-state index in [2.05, 4.69) is 36.1 Å². The Kier molecular flexibility index (Phi) is 3.40. The van der Waals surface area contributed by atoms with E-state index in [1.54, 1.807) is 0 Å². The first-order chi connectivity index (χ1) is 8.70. The van der Waals surface area contributed by atoms with Crippen LogP contribution in [0.2, 0.25) is 0 Å². The van der Waals surface area contributed by atoms with Gasteiger partial charge in [0, 0.05) is 25.7 Å². The van der Waals surface area contributed by atoms with Crippen LogP contribution < -0.4 is 5.73 Å². The van der Waals surface area contributed by atoms with E-state index in [0.29, 0.717) is 12.0 Å². The zero-order valence-corrected chi connectivity index (χ0v) is 11.3. The van der Waals surface area contributed by atoms with Gasteiger partial charge in [-0.15, -0.1) is 0 Å². The molecule has 0 aromatic heterocycles. The fourth-order valence-electron chi connectivity index (χ4n) is 3.13. The minimum atomic E-state index is 0.351. The van der Waals surface area contributed by atoms with E-state index in [4.69, 9.17) is 5.73 Å². The molecule has 2 unspecified atom stereocenters. The van der Waals surface area contributed by atoms with Crippen LogP contribution in [0, 0.1) is 12.8 Å². The van der Waals surface area contributed by atoms with E-state index in [1.165, 1.54) is 37.1 Å². The molecule has 1 heterocycles. The Balaban J connectivity index is 1.68. The summed E-state index contributed by atoms with van der Waals surface area (Å²) in [7, 11) is 0. The maximum Gasteiger partial charge on any atom is 0.0174 e. The van der Waals surface area contributed by atoms with Gasteiger partial charge in [0.1, 0.15) is 0 Å². The van der Waals surface area contributed by atoms with Crippen molar-refractivity contribution in [2.45, 2.75) is 38.1 Å². The lowest BCUT2D eigenvalue weighted by Gasteiger charge is -2.36. The molecule has 18 heavy (non-hydrogen) atoms. The fourth-order valence-corrected chi connectivity index (χ4v) is 3.13. The number of likely N-dealkylation sites (tertiary alicyclic amines) is 1. The van der Waals surface area contributed by atoms with E-state index in [1.807, 2.05) is 0 Å². The average Bonchev–Trinajstić information content (AvgIpc) is 3.13. The van der Waals surface area contributed by atoms with Crippen molar-refractivity contribution in [3.05, 3.63) is 35.4 Å². The van der Waals surface area contributed by atoms with Crippen LogP contribution in [0.4, 0.5) is 0 Å². The SMILES string of the molecule is Cc1ccc(C2CC(N)CN(CC3CC3)C2)cc1. The third kappa shape index (κ3) is 2.93. The molecule has 1 aliphatic carbocycles. The first-order valence-electron chi connectivity index (χ1n) is 7.25. The Hall–Kier alpha value is -0.860. The summed E-state index contributed by atoms with van der Waals surface area (Å²) in [5, 5.41) is 0. The Morgan fingerprint density at radius 3 is 2.56 bits per heavy atom. The third-order valence-electron chi connectivity index (χ3n) is 4.32. The van der Waals surface area contributed by atoms with Crippen LogP contribution >= 0.6 is 0 Å². The quantitative estimate of drug-likeness (QED) is 0.885. The Bertz CT molecular complexity index is 392. The molecule has 1 aromatic rings. The molecule has 1 saturated heterocycles. The van der Waals surface area contributed by atoms with Crippen LogP contribution in [0.3, 0.4) is 0 Å². The van der Waals surface area contributed by atoms with Crippen molar-refractivity contribution < 1.29 is 0 Å². The summed E-state index contributed by atoms with van der Waals surface area (Å²) in [6.45, 7) is 5.72. The monoisotopic (exact) mass is 244 g/mol. The maximum absolute atomic E-state index is 6.24. The smallest absolute Gasteiger partial charge is 0.0174 e. The molecule has 0 bridgehead atoms. The largest absolute Gasteiger partial charge is 0.327 e. The zero-order valence-electron chi connectivity index (χ0n) is 11.3. The highest BCUT2D eigenvalue weighted by Crippen LogP contribution is 2.33. The van der Waals surface area contributed by atoms with Crippen molar-refractivity contribution in [2.24, 2.45) is 11.7 Å². The fraction of sp³-hybridized carbons (Fsp3) is 0.625. The number of hydrogen-bond acceptors (Lipinski definition) is 2. The van der Waals surface area contributed by atoms with Crippen LogP contribution in [-0.2, 0) is 0 Å². The van der Waals surface area contributed by atoms with Gasteiger partial charge in [-0.2, -0.15) is 0 Å². The Morgan fingerprint density at radius 1 is 1.17 bits per heavy atom. The van der Waals surface area contributed by atoms with Crippen molar-refractivity contribution in [1.29, 1.82) is 0 Å². The highest BCUT2D eigenvalue weighted by atomic mass is 15.2. The summed E-state index contributed by atoms with van der Waals surface area (Å²) < 4.78 is 0. The summed E-state index contributed by atoms with van der Waals surface area (Å²) in [5.74, 6) is 1.60. The number of rotatable bonds is 3. The molecule has 1 aromatic carbocycles. The summed E-state index contributed by atoms with van der Waals surface area (Å²) in [6.07, 6.45) is 4.01. The number of hydrogen-bond donors (Lipinski definition) is 1. The molecule has 2 nitrogen and oxygen atoms in total. The number of nitrogens with zero attached hydrogens (tertiary/aromatic N) is 1. The molecule has 2 N–H and O–H groups in total. The van der Waals surface area contributed by atoms with Crippen molar-refractivity contribution in [1.82, 2.24) is 4.90 Å². The second-order valence-electron chi connectivity index (χ2n) is 6.27. The first-order valence-corrected chi connectivity index (χ1v) is 7.25. The highest BCUT2D eigenvalue weighted by Gasteiger charge is 2.30. The lowest BCUT2D eigenvalue weighted by Crippen LogP contribution is -2.46. The van der Waals surface area contributed by atoms with Gasteiger partial charge in [0.15, 0.2) is 0 Å². The molecule has 0 radical (unpaired) electrons. The van der Waals surface area contributed by atoms with Gasteiger partial charge >= 0.3 is 0 Å². The molecule has 2 aliphatic rings. The second-order valence-corrected chi connectivity index (χ2v) is 6.27. The topological polar surface area (TPSA) is 29.3 Å². The maximum atomic E-state index is 6.24. The second kappa shape index (κ2) is 5.02. The van der Waals surface area contributed by atoms with Gasteiger partial charge in [0.2, 0.25) is 0 Å². The van der Waals surface area contributed by atoms with Crippen LogP contribution in [0.15, 0.2) is 24.3 Å². The van der Waals surface area contributed by atoms with Crippen molar-refractivity contribution in [3.63, 3.8) is 0 Å². The predicted octanol–water partition coefficient (Wildman–Crippen LogP) is 2.52. The highest BCUT2D eigenvalue weighted by molar-refractivity contribution is 5.25. The third-order valence-corrected chi connectivity index (χ3v) is 4.32. The van der Waals surface area contributed by atoms with Gasteiger partial charge in [0.25, 0.3) is 0 Å². The lowest BCUT2D eigenvalue weighted by molar-refractivity contribution is 0.182. The van der Waals surface area contributed by atoms with Crippen LogP contribution in [0.25, 0.3) is 0 Å². The Morgan fingerprint density at radius 2 is 1.89 bits per heavy atom. The molecular weight excluding hydrogens is 220 g/mol. The average molecular weight is 244 g/mol. The van der Waals surface area contributed by atoms with Crippen molar-refractivity contribution >= 4 is 0 Å². The standard InChI is InChI=1S/C16H24N2/c1-12-2-6-14(7-3-12)15-8-16(17)11-18(10-15)9-13-4-5-13/h2-3,6-7,13,15-16H,4-5,8-11,17H2,1H3. The van der Waals surface area contributed by atoms with E-state index < -0.39 is 0 Å². The number of benzene rings is 1. The van der Waals surface area contributed by atoms with Gasteiger partial charge in [-0.1, -0.05) is 29.8 Å². The van der Waals surface area contributed by atoms with E-state index in [-0.39, 0.29) is 0 Å². The zero-order chi connectivity index (χ0) is 12.5. The molecular formula is C16H24N2. The number of aryl methyl sites for hydroxylation is 1. The van der Waals surface area contributed by atoms with Gasteiger partial charge in [-0.3, -0.25) is 0 Å². The predicted molar refractivity (Wildman–Crippen MR) is 75.7 cm³/mol. The Labute approximate surface area is 110 Å². The first kappa shape index (κ1) is 12.2. The minimum absolute atomic E-state index is 0.351. The molecule has 1 saturated carbocycles. The molecule has 2 atom stereocenters. The summed E-state index contributed by atoms with van der Waals surface area (Å²) >= 11 is 0. The van der Waals surface area contributed by atoms with Gasteiger partial charge in [-0.25, -0.2) is 0 Å². The normalized spacial score (nSPS) is 29.4. The molecule has 1 aliphatic heterocycles. The molecule has 0 spiro atoms. The molecule has 2 heteroatoms. The van der Waals surface area contributed by atoms with Gasteiger partial charge in [0.05, 0.1) is 0 Å². The molecule has 2 fully saturated rings. The molecule has 98 valence electrons. The molecule has 3 rings (SSSR count). The summed E-state index contributed by atoms with van der Waals surface area (Å²) in [4.78, 5) is 2.59.